The number of carbonyl (C=O) groups excluding carboxylic acids is 1. The Kier molecular flexibility index (Phi) is 5.65. The van der Waals surface area contributed by atoms with Gasteiger partial charge in [-0.15, -0.1) is 0 Å². The van der Waals surface area contributed by atoms with Gasteiger partial charge in [-0.1, -0.05) is 18.5 Å². The van der Waals surface area contributed by atoms with Gasteiger partial charge in [0.05, 0.1) is 11.6 Å². The van der Waals surface area contributed by atoms with E-state index >= 15 is 0 Å². The third-order valence-corrected chi connectivity index (χ3v) is 4.12. The van der Waals surface area contributed by atoms with Crippen molar-refractivity contribution < 1.29 is 4.79 Å². The Morgan fingerprint density at radius 3 is 2.86 bits per heavy atom. The van der Waals surface area contributed by atoms with E-state index in [1.807, 2.05) is 29.8 Å². The zero-order chi connectivity index (χ0) is 15.2. The van der Waals surface area contributed by atoms with Crippen LogP contribution in [-0.2, 0) is 0 Å². The van der Waals surface area contributed by atoms with Gasteiger partial charge in [-0.25, -0.2) is 0 Å². The van der Waals surface area contributed by atoms with Gasteiger partial charge >= 0.3 is 0 Å². The van der Waals surface area contributed by atoms with Crippen LogP contribution in [0, 0.1) is 0 Å². The minimum absolute atomic E-state index is 0.0262. The third-order valence-electron chi connectivity index (χ3n) is 3.18. The summed E-state index contributed by atoms with van der Waals surface area (Å²) in [5, 5.41) is 10.9. The smallest absolute Gasteiger partial charge is 0.253 e. The summed E-state index contributed by atoms with van der Waals surface area (Å²) in [7, 11) is 0. The zero-order valence-electron chi connectivity index (χ0n) is 12.2. The van der Waals surface area contributed by atoms with Gasteiger partial charge < -0.3 is 10.6 Å². The molecule has 2 aromatic rings. The summed E-state index contributed by atoms with van der Waals surface area (Å²) in [6.45, 7) is 4.88. The lowest BCUT2D eigenvalue weighted by molar-refractivity contribution is 0.0940. The van der Waals surface area contributed by atoms with Gasteiger partial charge in [-0.2, -0.15) is 11.3 Å². The largest absolute Gasteiger partial charge is 0.384 e. The first-order valence-electron chi connectivity index (χ1n) is 6.98. The molecule has 1 aromatic carbocycles. The predicted octanol–water partition coefficient (Wildman–Crippen LogP) is 4.71. The zero-order valence-corrected chi connectivity index (χ0v) is 13.7. The molecule has 1 unspecified atom stereocenters. The van der Waals surface area contributed by atoms with Crippen molar-refractivity contribution in [1.82, 2.24) is 5.32 Å². The number of hydrogen-bond acceptors (Lipinski definition) is 3. The molecule has 1 heterocycles. The van der Waals surface area contributed by atoms with E-state index < -0.39 is 0 Å². The van der Waals surface area contributed by atoms with E-state index in [-0.39, 0.29) is 11.9 Å². The van der Waals surface area contributed by atoms with Crippen molar-refractivity contribution in [3.63, 3.8) is 0 Å². The molecule has 0 aliphatic rings. The topological polar surface area (TPSA) is 41.1 Å². The lowest BCUT2D eigenvalue weighted by atomic mass is 10.1. The average Bonchev–Trinajstić information content (AvgIpc) is 3.00. The number of thiophene rings is 1. The molecule has 1 amide bonds. The van der Waals surface area contributed by atoms with Crippen LogP contribution in [0.5, 0.6) is 0 Å². The molecule has 3 nitrogen and oxygen atoms in total. The highest BCUT2D eigenvalue weighted by molar-refractivity contribution is 7.07. The first-order valence-corrected chi connectivity index (χ1v) is 8.30. The summed E-state index contributed by atoms with van der Waals surface area (Å²) in [6, 6.07) is 7.33. The highest BCUT2D eigenvalue weighted by Crippen LogP contribution is 2.22. The minimum Gasteiger partial charge on any atom is -0.384 e. The highest BCUT2D eigenvalue weighted by atomic mass is 35.5. The van der Waals surface area contributed by atoms with Crippen LogP contribution in [0.15, 0.2) is 35.0 Å². The molecular formula is C16H19ClN2OS. The number of benzene rings is 1. The van der Waals surface area contributed by atoms with Crippen molar-refractivity contribution in [2.24, 2.45) is 0 Å². The van der Waals surface area contributed by atoms with Gasteiger partial charge in [0.25, 0.3) is 5.91 Å². The summed E-state index contributed by atoms with van der Waals surface area (Å²) in [5.74, 6) is -0.116. The molecular weight excluding hydrogens is 304 g/mol. The van der Waals surface area contributed by atoms with Gasteiger partial charge in [0, 0.05) is 17.3 Å². The number of anilines is 1. The molecule has 0 radical (unpaired) electrons. The lowest BCUT2D eigenvalue weighted by Crippen LogP contribution is -2.27. The van der Waals surface area contributed by atoms with Crippen molar-refractivity contribution in [3.05, 3.63) is 51.2 Å². The van der Waals surface area contributed by atoms with E-state index in [1.165, 1.54) is 0 Å². The van der Waals surface area contributed by atoms with Crippen molar-refractivity contribution in [2.75, 3.05) is 11.9 Å². The summed E-state index contributed by atoms with van der Waals surface area (Å²) in [6.07, 6.45) is 0.995. The van der Waals surface area contributed by atoms with Crippen LogP contribution in [-0.4, -0.2) is 12.5 Å². The van der Waals surface area contributed by atoms with Gasteiger partial charge in [0.2, 0.25) is 0 Å². The molecule has 0 fully saturated rings. The molecule has 0 aliphatic carbocycles. The molecule has 0 spiro atoms. The molecule has 1 atom stereocenters. The number of nitrogens with one attached hydrogen (secondary N) is 2. The molecule has 0 aliphatic heterocycles. The van der Waals surface area contributed by atoms with Gasteiger partial charge in [-0.05, 0) is 53.9 Å². The molecule has 0 bridgehead atoms. The quantitative estimate of drug-likeness (QED) is 0.808. The van der Waals surface area contributed by atoms with Crippen LogP contribution in [0.3, 0.4) is 0 Å². The highest BCUT2D eigenvalue weighted by Gasteiger charge is 2.15. The summed E-state index contributed by atoms with van der Waals surface area (Å²) in [5.41, 5.74) is 2.51. The second-order valence-corrected chi connectivity index (χ2v) is 6.08. The first-order chi connectivity index (χ1) is 10.1. The fourth-order valence-corrected chi connectivity index (χ4v) is 2.92. The molecule has 0 saturated carbocycles. The van der Waals surface area contributed by atoms with E-state index in [0.717, 1.165) is 24.2 Å². The van der Waals surface area contributed by atoms with E-state index in [1.54, 1.807) is 23.5 Å². The van der Waals surface area contributed by atoms with Crippen LogP contribution in [0.1, 0.15) is 42.2 Å². The lowest BCUT2D eigenvalue weighted by Gasteiger charge is -2.16. The Balaban J connectivity index is 2.15. The summed E-state index contributed by atoms with van der Waals surface area (Å²) >= 11 is 7.65. The van der Waals surface area contributed by atoms with Crippen LogP contribution in [0.4, 0.5) is 5.69 Å². The van der Waals surface area contributed by atoms with Crippen molar-refractivity contribution in [2.45, 2.75) is 26.3 Å². The summed E-state index contributed by atoms with van der Waals surface area (Å²) in [4.78, 5) is 12.5. The molecule has 2 rings (SSSR count). The second-order valence-electron chi connectivity index (χ2n) is 4.87. The van der Waals surface area contributed by atoms with Crippen molar-refractivity contribution >= 4 is 34.5 Å². The van der Waals surface area contributed by atoms with Crippen LogP contribution >= 0.6 is 22.9 Å². The Morgan fingerprint density at radius 2 is 2.19 bits per heavy atom. The standard InChI is InChI=1S/C16H19ClN2OS/c1-3-7-18-15-5-4-13(17)9-14(15)16(20)19-11(2)12-6-8-21-10-12/h4-6,8-11,18H,3,7H2,1-2H3,(H,19,20). The molecule has 112 valence electrons. The van der Waals surface area contributed by atoms with Gasteiger partial charge in [-0.3, -0.25) is 4.79 Å². The fourth-order valence-electron chi connectivity index (χ4n) is 2.00. The monoisotopic (exact) mass is 322 g/mol. The maximum absolute atomic E-state index is 12.5. The normalized spacial score (nSPS) is 12.0. The van der Waals surface area contributed by atoms with Crippen LogP contribution in [0.25, 0.3) is 0 Å². The number of hydrogen-bond donors (Lipinski definition) is 2. The second kappa shape index (κ2) is 7.48. The molecule has 5 heteroatoms. The van der Waals surface area contributed by atoms with Crippen molar-refractivity contribution in [3.8, 4) is 0 Å². The number of carbonyl (C=O) groups is 1. The molecule has 2 N–H and O–H groups in total. The Morgan fingerprint density at radius 1 is 1.38 bits per heavy atom. The minimum atomic E-state index is -0.116. The Hall–Kier alpha value is -1.52. The third kappa shape index (κ3) is 4.22. The van der Waals surface area contributed by atoms with Crippen LogP contribution in [0.2, 0.25) is 5.02 Å². The first kappa shape index (κ1) is 15.9. The van der Waals surface area contributed by atoms with Crippen molar-refractivity contribution in [1.29, 1.82) is 0 Å². The number of amides is 1. The van der Waals surface area contributed by atoms with Gasteiger partial charge in [0.15, 0.2) is 0 Å². The van der Waals surface area contributed by atoms with Gasteiger partial charge in [0.1, 0.15) is 0 Å². The van der Waals surface area contributed by atoms with E-state index in [9.17, 15) is 4.79 Å². The average molecular weight is 323 g/mol. The van der Waals surface area contributed by atoms with E-state index in [2.05, 4.69) is 17.6 Å². The molecule has 1 aromatic heterocycles. The van der Waals surface area contributed by atoms with E-state index in [0.29, 0.717) is 10.6 Å². The SMILES string of the molecule is CCCNc1ccc(Cl)cc1C(=O)NC(C)c1ccsc1. The maximum Gasteiger partial charge on any atom is 0.253 e. The summed E-state index contributed by atoms with van der Waals surface area (Å²) < 4.78 is 0. The molecule has 21 heavy (non-hydrogen) atoms. The van der Waals surface area contributed by atoms with E-state index in [4.69, 9.17) is 11.6 Å². The fraction of sp³-hybridized carbons (Fsp3) is 0.312. The molecule has 0 saturated heterocycles. The predicted molar refractivity (Wildman–Crippen MR) is 90.4 cm³/mol. The Bertz CT molecular complexity index is 598. The Labute approximate surface area is 134 Å². The number of rotatable bonds is 6. The van der Waals surface area contributed by atoms with Crippen LogP contribution < -0.4 is 10.6 Å². The number of halogens is 1. The maximum atomic E-state index is 12.5.